The summed E-state index contributed by atoms with van der Waals surface area (Å²) in [6, 6.07) is 33.7. The molecular formula is C29H29N3. The van der Waals surface area contributed by atoms with Gasteiger partial charge in [-0.1, -0.05) is 70.8 Å². The second-order valence-electron chi connectivity index (χ2n) is 8.27. The molecule has 0 amide bonds. The van der Waals surface area contributed by atoms with Crippen molar-refractivity contribution >= 4 is 28.7 Å². The Bertz CT molecular complexity index is 1140. The van der Waals surface area contributed by atoms with Crippen molar-refractivity contribution in [3.63, 3.8) is 0 Å². The molecule has 3 heteroatoms. The van der Waals surface area contributed by atoms with E-state index in [0.29, 0.717) is 0 Å². The summed E-state index contributed by atoms with van der Waals surface area (Å²) in [5, 5.41) is 3.57. The average Bonchev–Trinajstić information content (AvgIpc) is 2.79. The van der Waals surface area contributed by atoms with Crippen LogP contribution in [0.2, 0.25) is 0 Å². The third-order valence-electron chi connectivity index (χ3n) is 5.37. The molecule has 0 atom stereocenters. The molecule has 0 radical (unpaired) electrons. The summed E-state index contributed by atoms with van der Waals surface area (Å²) in [6.07, 6.45) is 0. The minimum absolute atomic E-state index is 0.741. The van der Waals surface area contributed by atoms with Gasteiger partial charge in [0, 0.05) is 17.1 Å². The zero-order valence-corrected chi connectivity index (χ0v) is 19.1. The second kappa shape index (κ2) is 9.52. The number of aliphatic imine (C=N–C) groups is 1. The SMILES string of the molecule is Cc1ccc(N=C(Nc2ccc(C)cc2)N(c2ccc(C)cc2)c2ccc(C)cc2)cc1. The summed E-state index contributed by atoms with van der Waals surface area (Å²) in [6.45, 7) is 8.39. The van der Waals surface area contributed by atoms with Crippen LogP contribution in [0.4, 0.5) is 22.7 Å². The monoisotopic (exact) mass is 419 g/mol. The summed E-state index contributed by atoms with van der Waals surface area (Å²) in [5.41, 5.74) is 8.87. The molecule has 32 heavy (non-hydrogen) atoms. The number of guanidine groups is 1. The van der Waals surface area contributed by atoms with E-state index in [4.69, 9.17) is 4.99 Å². The molecule has 0 saturated heterocycles. The molecule has 0 aliphatic carbocycles. The van der Waals surface area contributed by atoms with Crippen molar-refractivity contribution in [3.8, 4) is 0 Å². The summed E-state index contributed by atoms with van der Waals surface area (Å²) >= 11 is 0. The molecule has 0 bridgehead atoms. The molecule has 1 N–H and O–H groups in total. The largest absolute Gasteiger partial charge is 0.325 e. The Morgan fingerprint density at radius 3 is 1.34 bits per heavy atom. The maximum atomic E-state index is 5.05. The van der Waals surface area contributed by atoms with Gasteiger partial charge in [0.2, 0.25) is 5.96 Å². The fourth-order valence-corrected chi connectivity index (χ4v) is 3.42. The van der Waals surface area contributed by atoms with Gasteiger partial charge in [-0.3, -0.25) is 4.90 Å². The van der Waals surface area contributed by atoms with Crippen LogP contribution in [-0.2, 0) is 0 Å². The molecule has 0 spiro atoms. The number of nitrogens with one attached hydrogen (secondary N) is 1. The minimum atomic E-state index is 0.741. The maximum Gasteiger partial charge on any atom is 0.212 e. The first-order valence-electron chi connectivity index (χ1n) is 10.9. The summed E-state index contributed by atoms with van der Waals surface area (Å²) in [7, 11) is 0. The molecule has 4 aromatic carbocycles. The number of nitrogens with zero attached hydrogens (tertiary/aromatic N) is 2. The van der Waals surface area contributed by atoms with Crippen LogP contribution < -0.4 is 10.2 Å². The lowest BCUT2D eigenvalue weighted by atomic mass is 10.1. The van der Waals surface area contributed by atoms with E-state index in [9.17, 15) is 0 Å². The lowest BCUT2D eigenvalue weighted by molar-refractivity contribution is 1.28. The zero-order valence-electron chi connectivity index (χ0n) is 19.1. The Hall–Kier alpha value is -3.85. The smallest absolute Gasteiger partial charge is 0.212 e. The molecule has 0 saturated carbocycles. The van der Waals surface area contributed by atoms with Gasteiger partial charge in [-0.25, -0.2) is 4.99 Å². The molecule has 0 heterocycles. The third kappa shape index (κ3) is 5.25. The van der Waals surface area contributed by atoms with Gasteiger partial charge in [-0.05, 0) is 76.2 Å². The molecule has 0 aliphatic heterocycles. The Morgan fingerprint density at radius 1 is 0.531 bits per heavy atom. The average molecular weight is 420 g/mol. The molecular weight excluding hydrogens is 390 g/mol. The first kappa shape index (κ1) is 21.4. The van der Waals surface area contributed by atoms with E-state index in [0.717, 1.165) is 28.7 Å². The number of hydrogen-bond acceptors (Lipinski definition) is 1. The Labute approximate surface area is 191 Å². The molecule has 3 nitrogen and oxygen atoms in total. The van der Waals surface area contributed by atoms with Crippen molar-refractivity contribution in [1.29, 1.82) is 0 Å². The molecule has 0 aromatic heterocycles. The van der Waals surface area contributed by atoms with Crippen molar-refractivity contribution in [2.75, 3.05) is 10.2 Å². The van der Waals surface area contributed by atoms with Crippen molar-refractivity contribution < 1.29 is 0 Å². The van der Waals surface area contributed by atoms with Gasteiger partial charge in [0.15, 0.2) is 0 Å². The second-order valence-corrected chi connectivity index (χ2v) is 8.27. The highest BCUT2D eigenvalue weighted by atomic mass is 15.3. The summed E-state index contributed by atoms with van der Waals surface area (Å²) in [4.78, 5) is 7.21. The molecule has 4 aromatic rings. The van der Waals surface area contributed by atoms with Gasteiger partial charge in [0.05, 0.1) is 5.69 Å². The van der Waals surface area contributed by atoms with E-state index in [-0.39, 0.29) is 0 Å². The first-order valence-corrected chi connectivity index (χ1v) is 10.9. The van der Waals surface area contributed by atoms with E-state index in [2.05, 4.69) is 135 Å². The fraction of sp³-hybridized carbons (Fsp3) is 0.138. The Morgan fingerprint density at radius 2 is 0.906 bits per heavy atom. The van der Waals surface area contributed by atoms with Crippen LogP contribution in [0, 0.1) is 27.7 Å². The van der Waals surface area contributed by atoms with E-state index in [1.54, 1.807) is 0 Å². The number of anilines is 3. The molecule has 0 unspecified atom stereocenters. The zero-order chi connectivity index (χ0) is 22.5. The fourth-order valence-electron chi connectivity index (χ4n) is 3.42. The molecule has 4 rings (SSSR count). The van der Waals surface area contributed by atoms with Crippen LogP contribution in [0.3, 0.4) is 0 Å². The third-order valence-corrected chi connectivity index (χ3v) is 5.37. The van der Waals surface area contributed by atoms with Crippen molar-refractivity contribution in [1.82, 2.24) is 0 Å². The van der Waals surface area contributed by atoms with Crippen LogP contribution in [-0.4, -0.2) is 5.96 Å². The predicted molar refractivity (Wildman–Crippen MR) is 138 cm³/mol. The van der Waals surface area contributed by atoms with Gasteiger partial charge in [-0.2, -0.15) is 0 Å². The van der Waals surface area contributed by atoms with E-state index in [1.165, 1.54) is 22.3 Å². The number of hydrogen-bond donors (Lipinski definition) is 1. The van der Waals surface area contributed by atoms with E-state index < -0.39 is 0 Å². The van der Waals surface area contributed by atoms with Crippen LogP contribution in [0.1, 0.15) is 22.3 Å². The quantitative estimate of drug-likeness (QED) is 0.269. The van der Waals surface area contributed by atoms with Crippen LogP contribution in [0.25, 0.3) is 0 Å². The maximum absolute atomic E-state index is 5.05. The Balaban J connectivity index is 1.86. The van der Waals surface area contributed by atoms with Crippen molar-refractivity contribution in [2.24, 2.45) is 4.99 Å². The van der Waals surface area contributed by atoms with Crippen molar-refractivity contribution in [2.45, 2.75) is 27.7 Å². The highest BCUT2D eigenvalue weighted by Crippen LogP contribution is 2.29. The topological polar surface area (TPSA) is 27.6 Å². The standard InChI is InChI=1S/C29H29N3/c1-21-5-13-25(14-6-21)30-29(31-26-15-7-22(2)8-16-26)32(27-17-9-23(3)10-18-27)28-19-11-24(4)12-20-28/h5-20H,1-4H3,(H,30,31). The molecule has 0 aliphatic rings. The lowest BCUT2D eigenvalue weighted by Gasteiger charge is -2.27. The normalized spacial score (nSPS) is 11.3. The number of aryl methyl sites for hydroxylation is 4. The molecule has 160 valence electrons. The van der Waals surface area contributed by atoms with Crippen LogP contribution >= 0.6 is 0 Å². The summed E-state index contributed by atoms with van der Waals surface area (Å²) < 4.78 is 0. The van der Waals surface area contributed by atoms with E-state index in [1.807, 2.05) is 0 Å². The van der Waals surface area contributed by atoms with Crippen molar-refractivity contribution in [3.05, 3.63) is 119 Å². The minimum Gasteiger partial charge on any atom is -0.325 e. The predicted octanol–water partition coefficient (Wildman–Crippen LogP) is 7.86. The molecule has 0 fully saturated rings. The van der Waals surface area contributed by atoms with Gasteiger partial charge in [0.1, 0.15) is 0 Å². The number of benzene rings is 4. The van der Waals surface area contributed by atoms with E-state index >= 15 is 0 Å². The Kier molecular flexibility index (Phi) is 6.37. The van der Waals surface area contributed by atoms with Gasteiger partial charge in [-0.15, -0.1) is 0 Å². The highest BCUT2D eigenvalue weighted by Gasteiger charge is 2.17. The van der Waals surface area contributed by atoms with Gasteiger partial charge < -0.3 is 5.32 Å². The number of rotatable bonds is 4. The van der Waals surface area contributed by atoms with Gasteiger partial charge in [0.25, 0.3) is 0 Å². The van der Waals surface area contributed by atoms with Gasteiger partial charge >= 0.3 is 0 Å². The highest BCUT2D eigenvalue weighted by molar-refractivity contribution is 6.11. The summed E-state index contributed by atoms with van der Waals surface area (Å²) in [5.74, 6) is 0.741. The van der Waals surface area contributed by atoms with Crippen LogP contribution in [0.5, 0.6) is 0 Å². The van der Waals surface area contributed by atoms with Crippen LogP contribution in [0.15, 0.2) is 102 Å². The lowest BCUT2D eigenvalue weighted by Crippen LogP contribution is -2.32. The first-order chi connectivity index (χ1) is 15.5.